The van der Waals surface area contributed by atoms with Crippen molar-refractivity contribution in [1.82, 2.24) is 20.4 Å². The summed E-state index contributed by atoms with van der Waals surface area (Å²) in [6.07, 6.45) is 2.06. The number of nitrogens with one attached hydrogen (secondary N) is 1. The van der Waals surface area contributed by atoms with E-state index >= 15 is 0 Å². The first-order chi connectivity index (χ1) is 8.69. The number of hydrogen-bond acceptors (Lipinski definition) is 5. The van der Waals surface area contributed by atoms with Crippen LogP contribution < -0.4 is 5.32 Å². The van der Waals surface area contributed by atoms with Gasteiger partial charge in [0.1, 0.15) is 5.82 Å². The Hall–Kier alpha value is -1.82. The maximum Gasteiger partial charge on any atom is 0.223 e. The van der Waals surface area contributed by atoms with Gasteiger partial charge in [-0.05, 0) is 18.6 Å². The molecule has 0 aliphatic heterocycles. The minimum Gasteiger partial charge on any atom is -0.340 e. The number of halogens is 1. The minimum absolute atomic E-state index is 0.0457. The van der Waals surface area contributed by atoms with Crippen molar-refractivity contribution < 1.29 is 8.91 Å². The van der Waals surface area contributed by atoms with Crippen LogP contribution in [0.3, 0.4) is 0 Å². The van der Waals surface area contributed by atoms with Crippen LogP contribution in [0.2, 0.25) is 0 Å². The first-order valence-corrected chi connectivity index (χ1v) is 5.83. The van der Waals surface area contributed by atoms with E-state index in [1.54, 1.807) is 13.0 Å². The molecule has 0 aliphatic rings. The van der Waals surface area contributed by atoms with E-state index in [0.29, 0.717) is 18.3 Å². The van der Waals surface area contributed by atoms with Crippen molar-refractivity contribution >= 4 is 0 Å². The summed E-state index contributed by atoms with van der Waals surface area (Å²) in [6, 6.07) is 3.13. The maximum atomic E-state index is 12.8. The molecule has 1 N–H and O–H groups in total. The summed E-state index contributed by atoms with van der Waals surface area (Å²) >= 11 is 0. The molecule has 0 saturated carbocycles. The van der Waals surface area contributed by atoms with E-state index in [9.17, 15) is 4.39 Å². The second-order valence-corrected chi connectivity index (χ2v) is 3.97. The van der Waals surface area contributed by atoms with Gasteiger partial charge in [0.2, 0.25) is 5.89 Å². The van der Waals surface area contributed by atoms with Crippen LogP contribution in [0.1, 0.15) is 36.8 Å². The second-order valence-electron chi connectivity index (χ2n) is 3.97. The van der Waals surface area contributed by atoms with Gasteiger partial charge >= 0.3 is 0 Å². The van der Waals surface area contributed by atoms with Crippen LogP contribution in [0.4, 0.5) is 4.39 Å². The number of aromatic nitrogens is 3. The van der Waals surface area contributed by atoms with Crippen LogP contribution in [-0.2, 0) is 6.54 Å². The fourth-order valence-corrected chi connectivity index (χ4v) is 1.68. The van der Waals surface area contributed by atoms with Gasteiger partial charge in [0.05, 0.1) is 18.4 Å². The number of rotatable bonds is 5. The highest BCUT2D eigenvalue weighted by Crippen LogP contribution is 2.14. The molecule has 0 bridgehead atoms. The quantitative estimate of drug-likeness (QED) is 0.880. The fourth-order valence-electron chi connectivity index (χ4n) is 1.68. The van der Waals surface area contributed by atoms with Crippen molar-refractivity contribution in [2.75, 3.05) is 0 Å². The van der Waals surface area contributed by atoms with Gasteiger partial charge in [-0.25, -0.2) is 4.39 Å². The highest BCUT2D eigenvalue weighted by molar-refractivity contribution is 5.09. The summed E-state index contributed by atoms with van der Waals surface area (Å²) in [6.45, 7) is 4.27. The first kappa shape index (κ1) is 12.6. The molecule has 6 heteroatoms. The van der Waals surface area contributed by atoms with Gasteiger partial charge in [-0.3, -0.25) is 4.98 Å². The van der Waals surface area contributed by atoms with Crippen LogP contribution in [-0.4, -0.2) is 15.1 Å². The molecule has 5 nitrogen and oxygen atoms in total. The number of pyridine rings is 1. The van der Waals surface area contributed by atoms with Gasteiger partial charge in [-0.1, -0.05) is 12.1 Å². The lowest BCUT2D eigenvalue weighted by atomic mass is 10.1. The lowest BCUT2D eigenvalue weighted by Gasteiger charge is -2.14. The Kier molecular flexibility index (Phi) is 3.99. The Labute approximate surface area is 104 Å². The van der Waals surface area contributed by atoms with Crippen LogP contribution >= 0.6 is 0 Å². The van der Waals surface area contributed by atoms with Crippen LogP contribution in [0, 0.1) is 12.7 Å². The molecule has 1 unspecified atom stereocenters. The molecule has 0 spiro atoms. The van der Waals surface area contributed by atoms with Crippen molar-refractivity contribution in [2.24, 2.45) is 0 Å². The molecule has 0 aromatic carbocycles. The molecule has 0 radical (unpaired) electrons. The number of nitrogens with zero attached hydrogens (tertiary/aromatic N) is 3. The summed E-state index contributed by atoms with van der Waals surface area (Å²) in [5.41, 5.74) is 0.805. The smallest absolute Gasteiger partial charge is 0.223 e. The van der Waals surface area contributed by atoms with Crippen molar-refractivity contribution in [1.29, 1.82) is 0 Å². The van der Waals surface area contributed by atoms with E-state index in [0.717, 1.165) is 12.1 Å². The molecule has 1 atom stereocenters. The fraction of sp³-hybridized carbons (Fsp3) is 0.417. The molecule has 2 aromatic rings. The molecular formula is C12H15FN4O. The largest absolute Gasteiger partial charge is 0.340 e. The Balaban J connectivity index is 1.99. The average molecular weight is 250 g/mol. The normalized spacial score (nSPS) is 12.6. The van der Waals surface area contributed by atoms with E-state index in [-0.39, 0.29) is 11.9 Å². The first-order valence-electron chi connectivity index (χ1n) is 5.83. The zero-order valence-electron chi connectivity index (χ0n) is 10.4. The highest BCUT2D eigenvalue weighted by Gasteiger charge is 2.11. The lowest BCUT2D eigenvalue weighted by Crippen LogP contribution is -2.21. The zero-order valence-corrected chi connectivity index (χ0v) is 10.4. The van der Waals surface area contributed by atoms with E-state index < -0.39 is 0 Å². The molecule has 0 fully saturated rings. The summed E-state index contributed by atoms with van der Waals surface area (Å²) in [7, 11) is 0. The molecule has 2 aromatic heterocycles. The van der Waals surface area contributed by atoms with Gasteiger partial charge in [0.25, 0.3) is 0 Å². The Bertz CT molecular complexity index is 497. The molecule has 0 aliphatic carbocycles. The Morgan fingerprint density at radius 2 is 2.28 bits per heavy atom. The zero-order chi connectivity index (χ0) is 13.0. The van der Waals surface area contributed by atoms with Crippen LogP contribution in [0.5, 0.6) is 0 Å². The highest BCUT2D eigenvalue weighted by atomic mass is 19.1. The predicted octanol–water partition coefficient (Wildman–Crippen LogP) is 2.15. The molecule has 18 heavy (non-hydrogen) atoms. The van der Waals surface area contributed by atoms with E-state index in [2.05, 4.69) is 20.4 Å². The van der Waals surface area contributed by atoms with Gasteiger partial charge in [0.15, 0.2) is 5.82 Å². The van der Waals surface area contributed by atoms with Gasteiger partial charge < -0.3 is 9.84 Å². The third-order valence-corrected chi connectivity index (χ3v) is 2.59. The third-order valence-electron chi connectivity index (χ3n) is 2.59. The molecule has 96 valence electrons. The molecule has 2 heterocycles. The molecule has 0 saturated heterocycles. The van der Waals surface area contributed by atoms with Crippen molar-refractivity contribution in [3.05, 3.63) is 41.6 Å². The summed E-state index contributed by atoms with van der Waals surface area (Å²) in [5, 5.41) is 7.07. The van der Waals surface area contributed by atoms with Crippen LogP contribution in [0.15, 0.2) is 22.9 Å². The van der Waals surface area contributed by atoms with Gasteiger partial charge in [-0.2, -0.15) is 4.98 Å². The monoisotopic (exact) mass is 250 g/mol. The molecular weight excluding hydrogens is 235 g/mol. The standard InChI is InChI=1S/C12H15FN4O/c1-3-10(11-5-4-9(13)6-14-11)15-7-12-16-8(2)18-17-12/h4-6,10,15H,3,7H2,1-2H3. The molecule has 2 rings (SSSR count). The predicted molar refractivity (Wildman–Crippen MR) is 63.1 cm³/mol. The van der Waals surface area contributed by atoms with Crippen molar-refractivity contribution in [3.8, 4) is 0 Å². The number of aryl methyl sites for hydroxylation is 1. The van der Waals surface area contributed by atoms with Gasteiger partial charge in [-0.15, -0.1) is 0 Å². The summed E-state index contributed by atoms with van der Waals surface area (Å²) < 4.78 is 17.7. The maximum absolute atomic E-state index is 12.8. The SMILES string of the molecule is CCC(NCc1noc(C)n1)c1ccc(F)cn1. The summed E-state index contributed by atoms with van der Waals surface area (Å²) in [5.74, 6) is 0.815. The Morgan fingerprint density at radius 1 is 1.44 bits per heavy atom. The number of hydrogen-bond donors (Lipinski definition) is 1. The lowest BCUT2D eigenvalue weighted by molar-refractivity contribution is 0.382. The second kappa shape index (κ2) is 5.68. The minimum atomic E-state index is -0.331. The van der Waals surface area contributed by atoms with E-state index in [1.165, 1.54) is 12.3 Å². The van der Waals surface area contributed by atoms with E-state index in [1.807, 2.05) is 6.92 Å². The Morgan fingerprint density at radius 3 is 2.83 bits per heavy atom. The molecule has 0 amide bonds. The van der Waals surface area contributed by atoms with E-state index in [4.69, 9.17) is 4.52 Å². The van der Waals surface area contributed by atoms with Crippen molar-refractivity contribution in [2.45, 2.75) is 32.9 Å². The van der Waals surface area contributed by atoms with Crippen LogP contribution in [0.25, 0.3) is 0 Å². The summed E-state index contributed by atoms with van der Waals surface area (Å²) in [4.78, 5) is 8.17. The topological polar surface area (TPSA) is 63.8 Å². The average Bonchev–Trinajstić information content (AvgIpc) is 2.78. The third kappa shape index (κ3) is 3.10. The van der Waals surface area contributed by atoms with Gasteiger partial charge in [0, 0.05) is 13.0 Å². The van der Waals surface area contributed by atoms with Crippen molar-refractivity contribution in [3.63, 3.8) is 0 Å².